The molecule has 6 nitrogen and oxygen atoms in total. The molecular formula is C14H13ClN2O4S2. The van der Waals surface area contributed by atoms with Crippen LogP contribution in [0.5, 0.6) is 0 Å². The van der Waals surface area contributed by atoms with Gasteiger partial charge in [-0.2, -0.15) is 4.31 Å². The second-order valence-corrected chi connectivity index (χ2v) is 8.36. The molecule has 9 heteroatoms. The highest BCUT2D eigenvalue weighted by atomic mass is 35.5. The molecule has 1 aliphatic rings. The van der Waals surface area contributed by atoms with E-state index >= 15 is 0 Å². The number of carboxylic acid groups (broad SMARTS) is 1. The van der Waals surface area contributed by atoms with E-state index in [4.69, 9.17) is 16.7 Å². The SMILES string of the molecule is O=C(O)C1CCN(S(=O)(=O)c2csc(-c3ccc(Cl)cc3)n2)C1. The van der Waals surface area contributed by atoms with Crippen molar-refractivity contribution in [1.82, 2.24) is 9.29 Å². The maximum Gasteiger partial charge on any atom is 0.307 e. The Labute approximate surface area is 142 Å². The Bertz CT molecular complexity index is 833. The summed E-state index contributed by atoms with van der Waals surface area (Å²) >= 11 is 7.06. The molecule has 0 spiro atoms. The fraction of sp³-hybridized carbons (Fsp3) is 0.286. The summed E-state index contributed by atoms with van der Waals surface area (Å²) in [7, 11) is -3.76. The van der Waals surface area contributed by atoms with E-state index in [-0.39, 0.29) is 18.1 Å². The highest BCUT2D eigenvalue weighted by molar-refractivity contribution is 7.89. The number of nitrogens with zero attached hydrogens (tertiary/aromatic N) is 2. The molecule has 1 aromatic carbocycles. The van der Waals surface area contributed by atoms with Gasteiger partial charge in [0, 0.05) is 29.1 Å². The van der Waals surface area contributed by atoms with Crippen LogP contribution in [0.1, 0.15) is 6.42 Å². The van der Waals surface area contributed by atoms with Crippen molar-refractivity contribution in [2.24, 2.45) is 5.92 Å². The van der Waals surface area contributed by atoms with Gasteiger partial charge in [-0.15, -0.1) is 11.3 Å². The molecule has 0 saturated carbocycles. The predicted octanol–water partition coefficient (Wildman–Crippen LogP) is 2.56. The minimum atomic E-state index is -3.76. The number of carboxylic acids is 1. The lowest BCUT2D eigenvalue weighted by molar-refractivity contribution is -0.141. The molecule has 1 saturated heterocycles. The third-order valence-electron chi connectivity index (χ3n) is 3.68. The third-order valence-corrected chi connectivity index (χ3v) is 6.72. The zero-order chi connectivity index (χ0) is 16.6. The Morgan fingerprint density at radius 3 is 2.65 bits per heavy atom. The van der Waals surface area contributed by atoms with Crippen LogP contribution in [0.15, 0.2) is 34.7 Å². The molecule has 0 amide bonds. The highest BCUT2D eigenvalue weighted by Crippen LogP contribution is 2.30. The van der Waals surface area contributed by atoms with Gasteiger partial charge in [-0.25, -0.2) is 13.4 Å². The zero-order valence-corrected chi connectivity index (χ0v) is 14.2. The fourth-order valence-electron chi connectivity index (χ4n) is 2.38. The lowest BCUT2D eigenvalue weighted by Gasteiger charge is -2.13. The van der Waals surface area contributed by atoms with E-state index in [1.807, 2.05) is 0 Å². The molecule has 0 aliphatic carbocycles. The summed E-state index contributed by atoms with van der Waals surface area (Å²) in [5.74, 6) is -1.62. The van der Waals surface area contributed by atoms with Crippen LogP contribution in [0.4, 0.5) is 0 Å². The lowest BCUT2D eigenvalue weighted by atomic mass is 10.1. The van der Waals surface area contributed by atoms with E-state index < -0.39 is 21.9 Å². The molecule has 1 fully saturated rings. The van der Waals surface area contributed by atoms with Gasteiger partial charge >= 0.3 is 5.97 Å². The Kier molecular flexibility index (Phi) is 4.41. The number of aromatic nitrogens is 1. The van der Waals surface area contributed by atoms with E-state index in [1.165, 1.54) is 21.0 Å². The summed E-state index contributed by atoms with van der Waals surface area (Å²) in [6, 6.07) is 6.97. The molecule has 122 valence electrons. The van der Waals surface area contributed by atoms with E-state index in [2.05, 4.69) is 4.98 Å². The first kappa shape index (κ1) is 16.4. The first-order valence-electron chi connectivity index (χ1n) is 6.82. The second kappa shape index (κ2) is 6.20. The number of hydrogen-bond acceptors (Lipinski definition) is 5. The number of benzene rings is 1. The van der Waals surface area contributed by atoms with Crippen molar-refractivity contribution in [3.8, 4) is 10.6 Å². The van der Waals surface area contributed by atoms with Crippen LogP contribution in [0.3, 0.4) is 0 Å². The van der Waals surface area contributed by atoms with E-state index in [0.717, 1.165) is 5.56 Å². The van der Waals surface area contributed by atoms with Crippen molar-refractivity contribution in [2.45, 2.75) is 11.4 Å². The Morgan fingerprint density at radius 1 is 1.35 bits per heavy atom. The van der Waals surface area contributed by atoms with Crippen LogP contribution in [0.25, 0.3) is 10.6 Å². The molecule has 0 radical (unpaired) electrons. The number of sulfonamides is 1. The van der Waals surface area contributed by atoms with Crippen LogP contribution >= 0.6 is 22.9 Å². The van der Waals surface area contributed by atoms with Gasteiger partial charge in [0.05, 0.1) is 5.92 Å². The van der Waals surface area contributed by atoms with E-state index in [0.29, 0.717) is 16.5 Å². The fourth-order valence-corrected chi connectivity index (χ4v) is 5.08. The average Bonchev–Trinajstić information content (AvgIpc) is 3.18. The summed E-state index contributed by atoms with van der Waals surface area (Å²) in [5, 5.41) is 11.6. The smallest absolute Gasteiger partial charge is 0.307 e. The topological polar surface area (TPSA) is 87.6 Å². The van der Waals surface area contributed by atoms with Crippen LogP contribution in [0.2, 0.25) is 5.02 Å². The van der Waals surface area contributed by atoms with Gasteiger partial charge in [0.25, 0.3) is 10.0 Å². The molecule has 1 aliphatic heterocycles. The van der Waals surface area contributed by atoms with Crippen molar-refractivity contribution in [1.29, 1.82) is 0 Å². The van der Waals surface area contributed by atoms with Gasteiger partial charge in [-0.1, -0.05) is 23.7 Å². The highest BCUT2D eigenvalue weighted by Gasteiger charge is 2.36. The van der Waals surface area contributed by atoms with Crippen molar-refractivity contribution in [3.63, 3.8) is 0 Å². The van der Waals surface area contributed by atoms with Gasteiger partial charge in [-0.05, 0) is 18.6 Å². The van der Waals surface area contributed by atoms with Crippen molar-refractivity contribution in [2.75, 3.05) is 13.1 Å². The van der Waals surface area contributed by atoms with Crippen LogP contribution in [-0.2, 0) is 14.8 Å². The predicted molar refractivity (Wildman–Crippen MR) is 87.1 cm³/mol. The summed E-state index contributed by atoms with van der Waals surface area (Å²) in [6.07, 6.45) is 0.322. The molecule has 3 rings (SSSR count). The molecule has 2 aromatic rings. The number of thiazole rings is 1. The van der Waals surface area contributed by atoms with Gasteiger partial charge in [0.15, 0.2) is 5.03 Å². The second-order valence-electron chi connectivity index (χ2n) is 5.18. The monoisotopic (exact) mass is 372 g/mol. The van der Waals surface area contributed by atoms with Gasteiger partial charge < -0.3 is 5.11 Å². The molecule has 1 aromatic heterocycles. The molecule has 0 bridgehead atoms. The van der Waals surface area contributed by atoms with Gasteiger partial charge in [-0.3, -0.25) is 4.79 Å². The zero-order valence-electron chi connectivity index (χ0n) is 11.8. The normalized spacial score (nSPS) is 19.1. The van der Waals surface area contributed by atoms with Crippen LogP contribution < -0.4 is 0 Å². The lowest BCUT2D eigenvalue weighted by Crippen LogP contribution is -2.30. The van der Waals surface area contributed by atoms with Gasteiger partial charge in [0.1, 0.15) is 5.01 Å². The summed E-state index contributed by atoms with van der Waals surface area (Å²) < 4.78 is 26.3. The van der Waals surface area contributed by atoms with Crippen molar-refractivity contribution >= 4 is 38.9 Å². The number of hydrogen-bond donors (Lipinski definition) is 1. The van der Waals surface area contributed by atoms with Crippen LogP contribution in [0, 0.1) is 5.92 Å². The number of carbonyl (C=O) groups is 1. The van der Waals surface area contributed by atoms with Crippen molar-refractivity contribution < 1.29 is 18.3 Å². The Hall–Kier alpha value is -1.48. The van der Waals surface area contributed by atoms with E-state index in [9.17, 15) is 13.2 Å². The minimum Gasteiger partial charge on any atom is -0.481 e. The van der Waals surface area contributed by atoms with Crippen molar-refractivity contribution in [3.05, 3.63) is 34.7 Å². The molecule has 23 heavy (non-hydrogen) atoms. The number of aliphatic carboxylic acids is 1. The Balaban J connectivity index is 1.84. The minimum absolute atomic E-state index is 0.00846. The summed E-state index contributed by atoms with van der Waals surface area (Å²) in [6.45, 7) is 0.193. The molecule has 1 N–H and O–H groups in total. The Morgan fingerprint density at radius 2 is 2.04 bits per heavy atom. The average molecular weight is 373 g/mol. The summed E-state index contributed by atoms with van der Waals surface area (Å²) in [5.41, 5.74) is 0.783. The number of halogens is 1. The quantitative estimate of drug-likeness (QED) is 0.891. The first-order chi connectivity index (χ1) is 10.9. The van der Waals surface area contributed by atoms with Gasteiger partial charge in [0.2, 0.25) is 0 Å². The molecule has 1 unspecified atom stereocenters. The molecule has 1 atom stereocenters. The van der Waals surface area contributed by atoms with E-state index in [1.54, 1.807) is 24.3 Å². The standard InChI is InChI=1S/C14H13ClN2O4S2/c15-11-3-1-9(2-4-11)13-16-12(8-22-13)23(20,21)17-6-5-10(7-17)14(18)19/h1-4,8,10H,5-7H2,(H,18,19). The number of rotatable bonds is 4. The largest absolute Gasteiger partial charge is 0.481 e. The molecular weight excluding hydrogens is 360 g/mol. The third kappa shape index (κ3) is 3.25. The maximum atomic E-state index is 12.6. The first-order valence-corrected chi connectivity index (χ1v) is 9.52. The summed E-state index contributed by atoms with van der Waals surface area (Å²) in [4.78, 5) is 15.2. The maximum absolute atomic E-state index is 12.6. The van der Waals surface area contributed by atoms with Crippen LogP contribution in [-0.4, -0.2) is 41.9 Å². The molecule has 2 heterocycles.